The van der Waals surface area contributed by atoms with Crippen molar-refractivity contribution < 1.29 is 4.39 Å². The number of aromatic nitrogens is 2. The third-order valence-corrected chi connectivity index (χ3v) is 3.32. The molecular formula is C14H15FN2S. The van der Waals surface area contributed by atoms with E-state index in [0.717, 1.165) is 29.1 Å². The van der Waals surface area contributed by atoms with Gasteiger partial charge in [-0.15, -0.1) is 0 Å². The summed E-state index contributed by atoms with van der Waals surface area (Å²) >= 11 is 5.23. The van der Waals surface area contributed by atoms with Crippen LogP contribution in [0.5, 0.6) is 0 Å². The Morgan fingerprint density at radius 3 is 2.83 bits per heavy atom. The molecule has 1 aromatic heterocycles. The van der Waals surface area contributed by atoms with Gasteiger partial charge in [-0.1, -0.05) is 31.3 Å². The Bertz CT molecular complexity index is 619. The van der Waals surface area contributed by atoms with Crippen molar-refractivity contribution in [3.8, 4) is 0 Å². The van der Waals surface area contributed by atoms with Crippen molar-refractivity contribution >= 4 is 12.2 Å². The van der Waals surface area contributed by atoms with E-state index in [1.165, 1.54) is 12.1 Å². The van der Waals surface area contributed by atoms with Gasteiger partial charge >= 0.3 is 0 Å². The Hall–Kier alpha value is -1.55. The van der Waals surface area contributed by atoms with Gasteiger partial charge in [0.25, 0.3) is 0 Å². The zero-order valence-corrected chi connectivity index (χ0v) is 11.3. The van der Waals surface area contributed by atoms with Crippen molar-refractivity contribution in [1.82, 2.24) is 9.97 Å². The van der Waals surface area contributed by atoms with E-state index < -0.39 is 0 Å². The van der Waals surface area contributed by atoms with Gasteiger partial charge in [-0.05, 0) is 31.0 Å². The van der Waals surface area contributed by atoms with Gasteiger partial charge in [0.1, 0.15) is 16.3 Å². The van der Waals surface area contributed by atoms with Crippen LogP contribution in [0.25, 0.3) is 0 Å². The van der Waals surface area contributed by atoms with Crippen molar-refractivity contribution in [2.45, 2.75) is 26.7 Å². The lowest BCUT2D eigenvalue weighted by Crippen LogP contribution is -2.03. The summed E-state index contributed by atoms with van der Waals surface area (Å²) in [4.78, 5) is 7.61. The summed E-state index contributed by atoms with van der Waals surface area (Å²) in [5.41, 5.74) is 3.01. The highest BCUT2D eigenvalue weighted by atomic mass is 32.1. The quantitative estimate of drug-likeness (QED) is 0.854. The average molecular weight is 262 g/mol. The highest BCUT2D eigenvalue weighted by Crippen LogP contribution is 2.11. The molecule has 0 amide bonds. The maximum atomic E-state index is 13.1. The van der Waals surface area contributed by atoms with Crippen molar-refractivity contribution in [3.63, 3.8) is 0 Å². The lowest BCUT2D eigenvalue weighted by molar-refractivity contribution is 0.625. The Labute approximate surface area is 111 Å². The van der Waals surface area contributed by atoms with Crippen LogP contribution in [0.1, 0.15) is 29.6 Å². The molecule has 0 spiro atoms. The predicted octanol–water partition coefficient (Wildman–Crippen LogP) is 3.74. The molecule has 0 aliphatic rings. The minimum atomic E-state index is -0.228. The number of H-pyrrole nitrogens is 1. The zero-order valence-electron chi connectivity index (χ0n) is 10.5. The molecular weight excluding hydrogens is 247 g/mol. The molecule has 0 saturated heterocycles. The highest BCUT2D eigenvalue weighted by Gasteiger charge is 2.05. The first kappa shape index (κ1) is 12.9. The van der Waals surface area contributed by atoms with Crippen molar-refractivity contribution in [3.05, 3.63) is 57.4 Å². The highest BCUT2D eigenvalue weighted by molar-refractivity contribution is 7.71. The molecule has 0 saturated carbocycles. The summed E-state index contributed by atoms with van der Waals surface area (Å²) < 4.78 is 13.7. The predicted molar refractivity (Wildman–Crippen MR) is 72.7 cm³/mol. The molecule has 18 heavy (non-hydrogen) atoms. The number of nitrogens with one attached hydrogen (secondary N) is 1. The summed E-state index contributed by atoms with van der Waals surface area (Å²) in [7, 11) is 0. The van der Waals surface area contributed by atoms with Crippen LogP contribution < -0.4 is 0 Å². The second kappa shape index (κ2) is 5.40. The van der Waals surface area contributed by atoms with E-state index >= 15 is 0 Å². The van der Waals surface area contributed by atoms with E-state index in [2.05, 4.69) is 16.9 Å². The summed E-state index contributed by atoms with van der Waals surface area (Å²) in [5, 5.41) is 0. The molecule has 0 bridgehead atoms. The Balaban J connectivity index is 2.35. The lowest BCUT2D eigenvalue weighted by atomic mass is 10.1. The van der Waals surface area contributed by atoms with E-state index in [1.807, 2.05) is 13.0 Å². The molecule has 1 N–H and O–H groups in total. The molecule has 2 aromatic rings. The topological polar surface area (TPSA) is 28.7 Å². The van der Waals surface area contributed by atoms with Crippen LogP contribution in [0.2, 0.25) is 0 Å². The van der Waals surface area contributed by atoms with E-state index in [0.29, 0.717) is 11.1 Å². The summed E-state index contributed by atoms with van der Waals surface area (Å²) in [6.45, 7) is 4.04. The standard InChI is InChI=1S/C14H15FN2S/c1-3-12-9(2)14(18)17-13(16-12)8-10-5-4-6-11(15)7-10/h4-7H,3,8H2,1-2H3,(H,16,17,18). The van der Waals surface area contributed by atoms with Crippen molar-refractivity contribution in [1.29, 1.82) is 0 Å². The maximum Gasteiger partial charge on any atom is 0.132 e. The summed E-state index contributed by atoms with van der Waals surface area (Å²) in [5.74, 6) is 0.557. The van der Waals surface area contributed by atoms with Gasteiger partial charge in [0.05, 0.1) is 0 Å². The average Bonchev–Trinajstić information content (AvgIpc) is 2.33. The molecule has 0 fully saturated rings. The van der Waals surface area contributed by atoms with Gasteiger partial charge in [0.2, 0.25) is 0 Å². The fourth-order valence-corrected chi connectivity index (χ4v) is 2.14. The summed E-state index contributed by atoms with van der Waals surface area (Å²) in [6, 6.07) is 6.54. The number of nitrogens with zero attached hydrogens (tertiary/aromatic N) is 1. The van der Waals surface area contributed by atoms with Gasteiger partial charge < -0.3 is 4.98 Å². The fraction of sp³-hybridized carbons (Fsp3) is 0.286. The van der Waals surface area contributed by atoms with Gasteiger partial charge in [0.15, 0.2) is 0 Å². The molecule has 1 aromatic carbocycles. The Kier molecular flexibility index (Phi) is 3.87. The minimum absolute atomic E-state index is 0.228. The van der Waals surface area contributed by atoms with Gasteiger partial charge in [-0.3, -0.25) is 0 Å². The first-order valence-electron chi connectivity index (χ1n) is 5.93. The SMILES string of the molecule is CCc1[nH]c(Cc2cccc(F)c2)nc(=S)c1C. The largest absolute Gasteiger partial charge is 0.347 e. The molecule has 94 valence electrons. The summed E-state index contributed by atoms with van der Waals surface area (Å²) in [6.07, 6.45) is 1.45. The van der Waals surface area contributed by atoms with E-state index in [9.17, 15) is 4.39 Å². The van der Waals surface area contributed by atoms with Gasteiger partial charge in [0, 0.05) is 17.7 Å². The third kappa shape index (κ3) is 2.82. The number of hydrogen-bond donors (Lipinski definition) is 1. The van der Waals surface area contributed by atoms with Crippen LogP contribution in [0.3, 0.4) is 0 Å². The number of rotatable bonds is 3. The number of aromatic amines is 1. The molecule has 1 heterocycles. The smallest absolute Gasteiger partial charge is 0.132 e. The molecule has 0 aliphatic heterocycles. The molecule has 2 nitrogen and oxygen atoms in total. The van der Waals surface area contributed by atoms with E-state index in [1.54, 1.807) is 6.07 Å². The zero-order chi connectivity index (χ0) is 13.1. The number of halogens is 1. The van der Waals surface area contributed by atoms with E-state index in [4.69, 9.17) is 12.2 Å². The van der Waals surface area contributed by atoms with Gasteiger partial charge in [-0.2, -0.15) is 0 Å². The van der Waals surface area contributed by atoms with Crippen LogP contribution in [0, 0.1) is 17.4 Å². The molecule has 2 rings (SSSR count). The van der Waals surface area contributed by atoms with Crippen molar-refractivity contribution in [2.75, 3.05) is 0 Å². The number of hydrogen-bond acceptors (Lipinski definition) is 2. The Morgan fingerprint density at radius 2 is 2.17 bits per heavy atom. The monoisotopic (exact) mass is 262 g/mol. The maximum absolute atomic E-state index is 13.1. The van der Waals surface area contributed by atoms with Crippen LogP contribution >= 0.6 is 12.2 Å². The molecule has 0 radical (unpaired) electrons. The number of benzene rings is 1. The molecule has 0 atom stereocenters. The second-order valence-electron chi connectivity index (χ2n) is 4.25. The fourth-order valence-electron chi connectivity index (χ4n) is 1.91. The van der Waals surface area contributed by atoms with E-state index in [-0.39, 0.29) is 5.82 Å². The molecule has 0 aliphatic carbocycles. The molecule has 4 heteroatoms. The molecule has 0 unspecified atom stereocenters. The van der Waals surface area contributed by atoms with Crippen LogP contribution in [0.4, 0.5) is 4.39 Å². The minimum Gasteiger partial charge on any atom is -0.347 e. The lowest BCUT2D eigenvalue weighted by Gasteiger charge is -2.08. The number of aryl methyl sites for hydroxylation is 1. The second-order valence-corrected chi connectivity index (χ2v) is 4.64. The van der Waals surface area contributed by atoms with Crippen LogP contribution in [0.15, 0.2) is 24.3 Å². The first-order chi connectivity index (χ1) is 8.60. The van der Waals surface area contributed by atoms with Crippen LogP contribution in [-0.4, -0.2) is 9.97 Å². The third-order valence-electron chi connectivity index (χ3n) is 2.92. The van der Waals surface area contributed by atoms with Gasteiger partial charge in [-0.25, -0.2) is 9.37 Å². The van der Waals surface area contributed by atoms with Crippen LogP contribution in [-0.2, 0) is 12.8 Å². The first-order valence-corrected chi connectivity index (χ1v) is 6.34. The Morgan fingerprint density at radius 1 is 1.39 bits per heavy atom. The van der Waals surface area contributed by atoms with Crippen molar-refractivity contribution in [2.24, 2.45) is 0 Å². The normalized spacial score (nSPS) is 10.6.